The second-order valence-electron chi connectivity index (χ2n) is 6.62. The van der Waals surface area contributed by atoms with Crippen LogP contribution >= 0.6 is 8.43 Å². The van der Waals surface area contributed by atoms with Crippen LogP contribution < -0.4 is 5.48 Å². The molecule has 1 N–H and O–H groups in total. The van der Waals surface area contributed by atoms with Crippen LogP contribution in [0.25, 0.3) is 0 Å². The maximum absolute atomic E-state index is 11.1. The number of nitrogens with one attached hydrogen (secondary N) is 1. The van der Waals surface area contributed by atoms with E-state index in [0.717, 1.165) is 47.0 Å². The summed E-state index contributed by atoms with van der Waals surface area (Å²) in [5.74, 6) is 2.07. The van der Waals surface area contributed by atoms with E-state index in [0.29, 0.717) is 13.2 Å². The largest absolute Gasteiger partial charge is 0.379 e. The molecule has 0 fully saturated rings. The lowest BCUT2D eigenvalue weighted by atomic mass is 10.1. The van der Waals surface area contributed by atoms with Crippen LogP contribution in [0.1, 0.15) is 53.4 Å². The van der Waals surface area contributed by atoms with E-state index in [9.17, 15) is 4.79 Å². The van der Waals surface area contributed by atoms with Crippen molar-refractivity contribution in [3.05, 3.63) is 0 Å². The van der Waals surface area contributed by atoms with Gasteiger partial charge in [0.15, 0.2) is 0 Å². The molecule has 0 spiro atoms. The van der Waals surface area contributed by atoms with Gasteiger partial charge in [0.2, 0.25) is 0 Å². The molecule has 1 heterocycles. The minimum Gasteiger partial charge on any atom is -0.379 e. The number of carbonyl (C=O) groups is 1. The zero-order valence-electron chi connectivity index (χ0n) is 16.0. The number of unbranched alkanes of at least 4 members (excludes halogenated alkanes) is 2. The number of rotatable bonds is 14. The molecule has 4 atom stereocenters. The molecule has 6 nitrogen and oxygen atoms in total. The Kier molecular flexibility index (Phi) is 12.5. The van der Waals surface area contributed by atoms with Gasteiger partial charge in [-0.3, -0.25) is 4.84 Å². The van der Waals surface area contributed by atoms with E-state index >= 15 is 0 Å². The van der Waals surface area contributed by atoms with E-state index < -0.39 is 0 Å². The normalized spacial score (nSPS) is 25.2. The lowest BCUT2D eigenvalue weighted by Gasteiger charge is -2.34. The van der Waals surface area contributed by atoms with Gasteiger partial charge in [-0.25, -0.2) is 0 Å². The maximum atomic E-state index is 11.1. The molecule has 0 radical (unpaired) electrons. The Bertz CT molecular complexity index is 380. The summed E-state index contributed by atoms with van der Waals surface area (Å²) in [7, 11) is 0.737. The zero-order valence-corrected chi connectivity index (χ0v) is 16.9. The van der Waals surface area contributed by atoms with E-state index in [1.165, 1.54) is 0 Å². The lowest BCUT2D eigenvalue weighted by molar-refractivity contribution is -0.141. The highest BCUT2D eigenvalue weighted by molar-refractivity contribution is 7.33. The predicted molar refractivity (Wildman–Crippen MR) is 101 cm³/mol. The van der Waals surface area contributed by atoms with Crippen molar-refractivity contribution < 1.29 is 23.6 Å². The maximum Gasteiger partial charge on any atom is 0.139 e. The number of aldehydes is 1. The topological polar surface area (TPSA) is 66.0 Å². The number of hydroxylamine groups is 1. The molecule has 3 unspecified atom stereocenters. The molecular weight excluding hydrogens is 341 g/mol. The van der Waals surface area contributed by atoms with Crippen LogP contribution in [0, 0.1) is 5.92 Å². The van der Waals surface area contributed by atoms with E-state index in [2.05, 4.69) is 19.3 Å². The van der Waals surface area contributed by atoms with Gasteiger partial charge in [0.05, 0.1) is 21.1 Å². The van der Waals surface area contributed by atoms with Crippen LogP contribution in [0.5, 0.6) is 0 Å². The first-order valence-electron chi connectivity index (χ1n) is 9.39. The van der Waals surface area contributed by atoms with E-state index in [1.54, 1.807) is 0 Å². The molecule has 0 amide bonds. The number of carbonyl (C=O) groups excluding carboxylic acids is 1. The molecule has 7 heteroatoms. The Balaban J connectivity index is 2.62. The first kappa shape index (κ1) is 22.7. The van der Waals surface area contributed by atoms with Gasteiger partial charge in [0.1, 0.15) is 24.6 Å². The lowest BCUT2D eigenvalue weighted by Crippen LogP contribution is -2.50. The van der Waals surface area contributed by atoms with Crippen LogP contribution in [-0.2, 0) is 23.6 Å². The van der Waals surface area contributed by atoms with Crippen molar-refractivity contribution in [3.8, 4) is 0 Å². The van der Waals surface area contributed by atoms with Gasteiger partial charge in [0.25, 0.3) is 0 Å². The second-order valence-corrected chi connectivity index (χ2v) is 7.34. The molecule has 0 saturated carbocycles. The van der Waals surface area contributed by atoms with Crippen molar-refractivity contribution in [2.45, 2.75) is 77.7 Å². The Morgan fingerprint density at radius 1 is 1.24 bits per heavy atom. The van der Waals surface area contributed by atoms with Crippen molar-refractivity contribution in [3.63, 3.8) is 0 Å². The number of hydrogen-bond donors (Lipinski definition) is 1. The standard InChI is InChI=1S/C18H34NO5P/c1-5-7-9-21-12-16-18(22-10-8-6-2)17(13-25-24-16)23-19-15(11-20)14(3)4/h11,13-19H,5-10,12H2,1-4H3/t15-,16?,17?,18?/m1/s1. The van der Waals surface area contributed by atoms with Crippen LogP contribution in [0.15, 0.2) is 0 Å². The monoisotopic (exact) mass is 375 g/mol. The molecular formula is C18H34NO5P. The smallest absolute Gasteiger partial charge is 0.139 e. The molecule has 0 saturated heterocycles. The molecule has 146 valence electrons. The average molecular weight is 375 g/mol. The molecule has 0 aliphatic carbocycles. The molecule has 1 aliphatic rings. The van der Waals surface area contributed by atoms with Crippen molar-refractivity contribution in [2.24, 2.45) is 5.92 Å². The molecule has 0 aromatic carbocycles. The molecule has 0 aromatic rings. The van der Waals surface area contributed by atoms with Crippen molar-refractivity contribution >= 4 is 20.5 Å². The van der Waals surface area contributed by atoms with Gasteiger partial charge in [0, 0.05) is 19.0 Å². The highest BCUT2D eigenvalue weighted by Crippen LogP contribution is 2.23. The van der Waals surface area contributed by atoms with Crippen LogP contribution in [0.3, 0.4) is 0 Å². The van der Waals surface area contributed by atoms with Gasteiger partial charge in [-0.05, 0) is 18.8 Å². The second kappa shape index (κ2) is 13.8. The summed E-state index contributed by atoms with van der Waals surface area (Å²) in [6.45, 7) is 10.1. The van der Waals surface area contributed by atoms with E-state index in [-0.39, 0.29) is 30.3 Å². The number of hydrogen-bond acceptors (Lipinski definition) is 6. The van der Waals surface area contributed by atoms with Gasteiger partial charge < -0.3 is 18.8 Å². The molecule has 25 heavy (non-hydrogen) atoms. The Morgan fingerprint density at radius 3 is 2.60 bits per heavy atom. The fraction of sp³-hybridized carbons (Fsp3) is 0.889. The predicted octanol–water partition coefficient (Wildman–Crippen LogP) is 3.16. The van der Waals surface area contributed by atoms with Gasteiger partial charge >= 0.3 is 0 Å². The van der Waals surface area contributed by atoms with Crippen molar-refractivity contribution in [1.29, 1.82) is 0 Å². The average Bonchev–Trinajstić information content (AvgIpc) is 2.60. The fourth-order valence-corrected chi connectivity index (χ4v) is 3.00. The van der Waals surface area contributed by atoms with Gasteiger partial charge in [-0.1, -0.05) is 40.5 Å². The van der Waals surface area contributed by atoms with Crippen LogP contribution in [-0.4, -0.2) is 56.3 Å². The summed E-state index contributed by atoms with van der Waals surface area (Å²) in [5, 5.41) is 0. The summed E-state index contributed by atoms with van der Waals surface area (Å²) in [5.41, 5.74) is 2.88. The van der Waals surface area contributed by atoms with Gasteiger partial charge in [-0.15, -0.1) is 0 Å². The summed E-state index contributed by atoms with van der Waals surface area (Å²) in [6, 6.07) is -0.344. The summed E-state index contributed by atoms with van der Waals surface area (Å²) in [4.78, 5) is 16.9. The summed E-state index contributed by atoms with van der Waals surface area (Å²) >= 11 is 0. The Labute approximate surface area is 153 Å². The minimum absolute atomic E-state index is 0.155. The molecule has 1 aliphatic heterocycles. The van der Waals surface area contributed by atoms with Gasteiger partial charge in [-0.2, -0.15) is 5.48 Å². The molecule has 0 aromatic heterocycles. The third-order valence-electron chi connectivity index (χ3n) is 4.03. The first-order chi connectivity index (χ1) is 12.1. The molecule has 0 bridgehead atoms. The quantitative estimate of drug-likeness (QED) is 0.218. The van der Waals surface area contributed by atoms with Crippen LogP contribution in [0.4, 0.5) is 0 Å². The fourth-order valence-electron chi connectivity index (χ4n) is 2.24. The van der Waals surface area contributed by atoms with Crippen LogP contribution in [0.2, 0.25) is 0 Å². The van der Waals surface area contributed by atoms with Crippen molar-refractivity contribution in [1.82, 2.24) is 5.48 Å². The Hall–Kier alpha value is -0.360. The summed E-state index contributed by atoms with van der Waals surface area (Å²) < 4.78 is 17.6. The third kappa shape index (κ3) is 8.72. The first-order valence-corrected chi connectivity index (χ1v) is 10.3. The van der Waals surface area contributed by atoms with E-state index in [1.807, 2.05) is 19.6 Å². The third-order valence-corrected chi connectivity index (χ3v) is 4.84. The van der Waals surface area contributed by atoms with E-state index in [4.69, 9.17) is 18.8 Å². The summed E-state index contributed by atoms with van der Waals surface area (Å²) in [6.07, 6.45) is 4.36. The highest BCUT2D eigenvalue weighted by Gasteiger charge is 2.35. The Morgan fingerprint density at radius 2 is 1.96 bits per heavy atom. The zero-order chi connectivity index (χ0) is 18.5. The number of ether oxygens (including phenoxy) is 2. The van der Waals surface area contributed by atoms with Crippen molar-refractivity contribution in [2.75, 3.05) is 19.8 Å². The SMILES string of the molecule is CCCCOCC1OP=CC(ON[C@H](C=O)C(C)C)C1OCCCC. The highest BCUT2D eigenvalue weighted by atomic mass is 31.1. The molecule has 1 rings (SSSR count). The minimum atomic E-state index is -0.344.